The first-order chi connectivity index (χ1) is 7.30. The van der Waals surface area contributed by atoms with Gasteiger partial charge in [-0.25, -0.2) is 4.79 Å². The van der Waals surface area contributed by atoms with Crippen LogP contribution in [0.5, 0.6) is 0 Å². The summed E-state index contributed by atoms with van der Waals surface area (Å²) in [5.41, 5.74) is 4.19. The molecule has 1 aromatic rings. The number of anilines is 1. The number of nitrogen functional groups attached to an aromatic ring is 1. The molecule has 0 aliphatic rings. The van der Waals surface area contributed by atoms with Gasteiger partial charge in [0.2, 0.25) is 0 Å². The Morgan fingerprint density at radius 3 is 2.69 bits per heavy atom. The predicted octanol–water partition coefficient (Wildman–Crippen LogP) is 0.372. The first-order valence-electron chi connectivity index (χ1n) is 4.81. The maximum atomic E-state index is 11.4. The normalized spacial score (nSPS) is 11.2. The molecule has 0 spiro atoms. The van der Waals surface area contributed by atoms with Crippen LogP contribution in [0.4, 0.5) is 5.82 Å². The lowest BCUT2D eigenvalue weighted by Crippen LogP contribution is -2.29. The highest BCUT2D eigenvalue weighted by atomic mass is 16.5. The van der Waals surface area contributed by atoms with Crippen molar-refractivity contribution in [2.45, 2.75) is 27.5 Å². The van der Waals surface area contributed by atoms with E-state index in [1.165, 1.54) is 16.8 Å². The number of ether oxygens (including phenoxy) is 1. The molecule has 16 heavy (non-hydrogen) atoms. The fourth-order valence-electron chi connectivity index (χ4n) is 0.885. The van der Waals surface area contributed by atoms with Crippen LogP contribution in [0.25, 0.3) is 0 Å². The smallest absolute Gasteiger partial charge is 0.352 e. The molecule has 0 saturated carbocycles. The summed E-state index contributed by atoms with van der Waals surface area (Å²) in [7, 11) is 0. The molecule has 0 atom stereocenters. The number of esters is 1. The first-order valence-corrected chi connectivity index (χ1v) is 4.81. The van der Waals surface area contributed by atoms with Crippen LogP contribution in [-0.4, -0.2) is 15.5 Å². The zero-order valence-corrected chi connectivity index (χ0v) is 9.56. The van der Waals surface area contributed by atoms with E-state index in [0.29, 0.717) is 0 Å². The fourth-order valence-corrected chi connectivity index (χ4v) is 0.885. The van der Waals surface area contributed by atoms with Crippen molar-refractivity contribution in [3.63, 3.8) is 0 Å². The van der Waals surface area contributed by atoms with Gasteiger partial charge in [0.1, 0.15) is 5.82 Å². The van der Waals surface area contributed by atoms with Crippen LogP contribution < -0.4 is 11.4 Å². The Hall–Kier alpha value is -1.85. The number of nitrogens with zero attached hydrogens (tertiary/aromatic N) is 2. The molecule has 0 saturated heterocycles. The molecule has 0 radical (unpaired) electrons. The van der Waals surface area contributed by atoms with Gasteiger partial charge >= 0.3 is 11.7 Å². The molecule has 0 aromatic carbocycles. The topological polar surface area (TPSA) is 87.2 Å². The molecule has 88 valence electrons. The molecule has 0 amide bonds. The molecule has 6 nitrogen and oxygen atoms in total. The van der Waals surface area contributed by atoms with Crippen LogP contribution in [0.3, 0.4) is 0 Å². The van der Waals surface area contributed by atoms with Crippen LogP contribution in [0.2, 0.25) is 0 Å². The number of rotatable bonds is 2. The summed E-state index contributed by atoms with van der Waals surface area (Å²) in [6.07, 6.45) is 1.43. The molecule has 2 N–H and O–H groups in total. The van der Waals surface area contributed by atoms with E-state index in [1.807, 2.05) is 0 Å². The molecule has 0 aliphatic carbocycles. The quantitative estimate of drug-likeness (QED) is 0.735. The van der Waals surface area contributed by atoms with Crippen LogP contribution in [-0.2, 0) is 16.3 Å². The highest BCUT2D eigenvalue weighted by Gasteiger charge is 2.23. The molecule has 0 unspecified atom stereocenters. The van der Waals surface area contributed by atoms with Crippen molar-refractivity contribution in [2.75, 3.05) is 5.73 Å². The lowest BCUT2D eigenvalue weighted by Gasteiger charge is -2.16. The molecule has 6 heteroatoms. The van der Waals surface area contributed by atoms with E-state index in [0.717, 1.165) is 0 Å². The van der Waals surface area contributed by atoms with Gasteiger partial charge in [-0.05, 0) is 26.8 Å². The van der Waals surface area contributed by atoms with Gasteiger partial charge in [0.15, 0.2) is 6.73 Å². The van der Waals surface area contributed by atoms with Crippen LogP contribution in [0, 0.1) is 5.41 Å². The van der Waals surface area contributed by atoms with E-state index < -0.39 is 11.1 Å². The van der Waals surface area contributed by atoms with Gasteiger partial charge in [0.05, 0.1) is 5.41 Å². The van der Waals surface area contributed by atoms with E-state index in [-0.39, 0.29) is 18.5 Å². The van der Waals surface area contributed by atoms with Gasteiger partial charge in [-0.1, -0.05) is 0 Å². The molecular weight excluding hydrogens is 210 g/mol. The Morgan fingerprint density at radius 2 is 2.19 bits per heavy atom. The SMILES string of the molecule is CC(C)(C)C(=O)OCn1ccc(N)nc1=O. The summed E-state index contributed by atoms with van der Waals surface area (Å²) in [6, 6.07) is 1.46. The Bertz CT molecular complexity index is 445. The summed E-state index contributed by atoms with van der Waals surface area (Å²) in [5.74, 6) is -0.236. The van der Waals surface area contributed by atoms with E-state index in [9.17, 15) is 9.59 Å². The summed E-state index contributed by atoms with van der Waals surface area (Å²) in [4.78, 5) is 26.2. The largest absolute Gasteiger partial charge is 0.443 e. The van der Waals surface area contributed by atoms with E-state index in [2.05, 4.69) is 4.98 Å². The minimum atomic E-state index is -0.592. The molecule has 0 bridgehead atoms. The van der Waals surface area contributed by atoms with Crippen molar-refractivity contribution in [3.8, 4) is 0 Å². The molecular formula is C10H15N3O3. The number of nitrogens with two attached hydrogens (primary N) is 1. The molecule has 0 fully saturated rings. The number of aromatic nitrogens is 2. The third-order valence-corrected chi connectivity index (χ3v) is 1.84. The fraction of sp³-hybridized carbons (Fsp3) is 0.500. The molecule has 1 aromatic heterocycles. The average molecular weight is 225 g/mol. The van der Waals surface area contributed by atoms with E-state index >= 15 is 0 Å². The van der Waals surface area contributed by atoms with Crippen molar-refractivity contribution < 1.29 is 9.53 Å². The molecule has 1 rings (SSSR count). The Morgan fingerprint density at radius 1 is 1.56 bits per heavy atom. The molecule has 0 aliphatic heterocycles. The van der Waals surface area contributed by atoms with Gasteiger partial charge in [-0.2, -0.15) is 4.98 Å². The Kier molecular flexibility index (Phi) is 3.31. The second kappa shape index (κ2) is 4.34. The van der Waals surface area contributed by atoms with Gasteiger partial charge in [-0.3, -0.25) is 9.36 Å². The highest BCUT2D eigenvalue weighted by Crippen LogP contribution is 2.15. The number of hydrogen-bond donors (Lipinski definition) is 1. The zero-order valence-electron chi connectivity index (χ0n) is 9.56. The lowest BCUT2D eigenvalue weighted by atomic mass is 9.98. The molecule has 1 heterocycles. The van der Waals surface area contributed by atoms with Crippen molar-refractivity contribution in [2.24, 2.45) is 5.41 Å². The van der Waals surface area contributed by atoms with E-state index in [1.54, 1.807) is 20.8 Å². The summed E-state index contributed by atoms with van der Waals surface area (Å²) >= 11 is 0. The highest BCUT2D eigenvalue weighted by molar-refractivity contribution is 5.75. The average Bonchev–Trinajstić information content (AvgIpc) is 2.14. The number of carbonyl (C=O) groups excluding carboxylic acids is 1. The second-order valence-electron chi connectivity index (χ2n) is 4.42. The van der Waals surface area contributed by atoms with Crippen LogP contribution in [0.1, 0.15) is 20.8 Å². The maximum absolute atomic E-state index is 11.4. The second-order valence-corrected chi connectivity index (χ2v) is 4.42. The van der Waals surface area contributed by atoms with Crippen LogP contribution >= 0.6 is 0 Å². The summed E-state index contributed by atoms with van der Waals surface area (Å²) < 4.78 is 6.12. The van der Waals surface area contributed by atoms with Gasteiger partial charge in [-0.15, -0.1) is 0 Å². The van der Waals surface area contributed by atoms with Gasteiger partial charge in [0.25, 0.3) is 0 Å². The third-order valence-electron chi connectivity index (χ3n) is 1.84. The van der Waals surface area contributed by atoms with Crippen LogP contribution in [0.15, 0.2) is 17.1 Å². The lowest BCUT2D eigenvalue weighted by molar-refractivity contribution is -0.157. The van der Waals surface area contributed by atoms with Crippen molar-refractivity contribution in [1.29, 1.82) is 0 Å². The van der Waals surface area contributed by atoms with Gasteiger partial charge < -0.3 is 10.5 Å². The van der Waals surface area contributed by atoms with Crippen molar-refractivity contribution >= 4 is 11.8 Å². The Balaban J connectivity index is 2.69. The van der Waals surface area contributed by atoms with E-state index in [4.69, 9.17) is 10.5 Å². The summed E-state index contributed by atoms with van der Waals surface area (Å²) in [6.45, 7) is 5.06. The predicted molar refractivity (Wildman–Crippen MR) is 58.5 cm³/mol. The maximum Gasteiger partial charge on any atom is 0.352 e. The third kappa shape index (κ3) is 3.08. The summed E-state index contributed by atoms with van der Waals surface area (Å²) in [5, 5.41) is 0. The van der Waals surface area contributed by atoms with Crippen molar-refractivity contribution in [3.05, 3.63) is 22.7 Å². The number of carbonyl (C=O) groups is 1. The Labute approximate surface area is 93.0 Å². The van der Waals surface area contributed by atoms with Gasteiger partial charge in [0, 0.05) is 6.20 Å². The van der Waals surface area contributed by atoms with Crippen molar-refractivity contribution in [1.82, 2.24) is 9.55 Å². The number of hydrogen-bond acceptors (Lipinski definition) is 5. The standard InChI is InChI=1S/C10H15N3O3/c1-10(2,3)8(14)16-6-13-5-4-7(11)12-9(13)15/h4-5H,6H2,1-3H3,(H2,11,12,15). The monoisotopic (exact) mass is 225 g/mol. The first kappa shape index (κ1) is 12.2. The minimum absolute atomic E-state index is 0.142. The zero-order chi connectivity index (χ0) is 12.3. The minimum Gasteiger partial charge on any atom is -0.443 e.